The van der Waals surface area contributed by atoms with Gasteiger partial charge < -0.3 is 25.7 Å². The minimum atomic E-state index is -1.88. The molecule has 0 spiro atoms. The van der Waals surface area contributed by atoms with Crippen molar-refractivity contribution in [2.75, 3.05) is 12.4 Å². The summed E-state index contributed by atoms with van der Waals surface area (Å²) in [5.41, 5.74) is 2.45. The number of likely N-dealkylation sites (tertiary alicyclic amines) is 1. The molecule has 1 aliphatic heterocycles. The molecule has 0 unspecified atom stereocenters. The number of hydrogen-bond donors (Lipinski definition) is 4. The second-order valence-electron chi connectivity index (χ2n) is 9.05. The van der Waals surface area contributed by atoms with E-state index in [9.17, 15) is 19.8 Å². The van der Waals surface area contributed by atoms with Crippen LogP contribution in [0.25, 0.3) is 5.69 Å². The number of carbonyl (C=O) groups is 2. The van der Waals surface area contributed by atoms with Crippen LogP contribution < -0.4 is 10.6 Å². The van der Waals surface area contributed by atoms with E-state index in [1.54, 1.807) is 29.7 Å². The van der Waals surface area contributed by atoms with Crippen molar-refractivity contribution in [3.8, 4) is 5.69 Å². The van der Waals surface area contributed by atoms with Crippen molar-refractivity contribution in [3.63, 3.8) is 0 Å². The lowest BCUT2D eigenvalue weighted by molar-refractivity contribution is -0.155. The Hall–Kier alpha value is -3.28. The van der Waals surface area contributed by atoms with Gasteiger partial charge in [-0.15, -0.1) is 11.3 Å². The van der Waals surface area contributed by atoms with E-state index in [1.165, 1.54) is 11.3 Å². The first-order valence-corrected chi connectivity index (χ1v) is 12.5. The molecule has 5 rings (SSSR count). The first kappa shape index (κ1) is 23.5. The number of nitrogens with zero attached hydrogens (tertiary/aromatic N) is 4. The summed E-state index contributed by atoms with van der Waals surface area (Å²) >= 11 is 1.45. The maximum absolute atomic E-state index is 13.2. The lowest BCUT2D eigenvalue weighted by atomic mass is 10.1. The van der Waals surface area contributed by atoms with Crippen molar-refractivity contribution < 1.29 is 19.8 Å². The monoisotopic (exact) mass is 496 g/mol. The second-order valence-corrected chi connectivity index (χ2v) is 9.91. The Kier molecular flexibility index (Phi) is 6.30. The van der Waals surface area contributed by atoms with Gasteiger partial charge >= 0.3 is 0 Å². The molecule has 11 heteroatoms. The first-order valence-electron chi connectivity index (χ1n) is 11.6. The van der Waals surface area contributed by atoms with Gasteiger partial charge in [0.05, 0.1) is 23.5 Å². The molecule has 35 heavy (non-hydrogen) atoms. The summed E-state index contributed by atoms with van der Waals surface area (Å²) < 4.78 is 1.72. The summed E-state index contributed by atoms with van der Waals surface area (Å²) in [6.45, 7) is 1.77. The number of rotatable bonds is 8. The molecular weight excluding hydrogens is 468 g/mol. The third kappa shape index (κ3) is 4.54. The average Bonchev–Trinajstić information content (AvgIpc) is 3.30. The number of fused-ring (bicyclic) bond motifs is 1. The quantitative estimate of drug-likeness (QED) is 0.373. The second kappa shape index (κ2) is 9.40. The molecule has 1 aliphatic carbocycles. The van der Waals surface area contributed by atoms with E-state index in [2.05, 4.69) is 20.7 Å². The number of hydrogen-bond acceptors (Lipinski definition) is 8. The fourth-order valence-corrected chi connectivity index (χ4v) is 5.46. The highest BCUT2D eigenvalue weighted by molar-refractivity contribution is 7.13. The molecule has 2 fully saturated rings. The minimum Gasteiger partial charge on any atom is -0.380 e. The lowest BCUT2D eigenvalue weighted by Crippen LogP contribution is -2.51. The number of aromatic nitrogens is 3. The largest absolute Gasteiger partial charge is 0.380 e. The van der Waals surface area contributed by atoms with Crippen LogP contribution >= 0.6 is 11.3 Å². The Labute approximate surface area is 206 Å². The van der Waals surface area contributed by atoms with E-state index in [1.807, 2.05) is 41.9 Å². The minimum absolute atomic E-state index is 0.0179. The summed E-state index contributed by atoms with van der Waals surface area (Å²) in [5.74, 6) is -1.08. The van der Waals surface area contributed by atoms with Gasteiger partial charge in [-0.25, -0.2) is 9.67 Å². The van der Waals surface area contributed by atoms with Crippen LogP contribution in [0.2, 0.25) is 0 Å². The molecule has 1 saturated carbocycles. The lowest BCUT2D eigenvalue weighted by Gasteiger charge is -2.30. The third-order valence-electron chi connectivity index (χ3n) is 6.78. The molecule has 1 aromatic carbocycles. The van der Waals surface area contributed by atoms with Crippen LogP contribution in [-0.4, -0.2) is 67.0 Å². The van der Waals surface area contributed by atoms with E-state index in [4.69, 9.17) is 0 Å². The smallest absolute Gasteiger partial charge is 0.255 e. The molecule has 6 atom stereocenters. The molecule has 3 aromatic rings. The number of nitrogens with one attached hydrogen (secondary N) is 2. The van der Waals surface area contributed by atoms with Crippen molar-refractivity contribution in [1.29, 1.82) is 0 Å². The average molecular weight is 497 g/mol. The van der Waals surface area contributed by atoms with Crippen LogP contribution in [-0.2, 0) is 9.59 Å². The molecule has 184 valence electrons. The maximum Gasteiger partial charge on any atom is 0.255 e. The van der Waals surface area contributed by atoms with Gasteiger partial charge in [0.15, 0.2) is 17.3 Å². The van der Waals surface area contributed by atoms with Gasteiger partial charge in [-0.05, 0) is 49.4 Å². The molecule has 0 radical (unpaired) electrons. The maximum atomic E-state index is 13.2. The molecule has 2 aromatic heterocycles. The fourth-order valence-electron chi connectivity index (χ4n) is 4.74. The zero-order valence-corrected chi connectivity index (χ0v) is 20.2. The van der Waals surface area contributed by atoms with Crippen molar-refractivity contribution in [3.05, 3.63) is 59.4 Å². The number of carbonyl (C=O) groups excluding carboxylic acids is 2. The van der Waals surface area contributed by atoms with Crippen LogP contribution in [0.15, 0.2) is 48.1 Å². The number of amides is 2. The topological polar surface area (TPSA) is 133 Å². The van der Waals surface area contributed by atoms with Gasteiger partial charge in [-0.1, -0.05) is 12.1 Å². The van der Waals surface area contributed by atoms with E-state index >= 15 is 0 Å². The van der Waals surface area contributed by atoms with Gasteiger partial charge in [-0.2, -0.15) is 5.10 Å². The van der Waals surface area contributed by atoms with Gasteiger partial charge in [0.25, 0.3) is 11.8 Å². The van der Waals surface area contributed by atoms with Gasteiger partial charge in [-0.3, -0.25) is 9.59 Å². The number of benzene rings is 1. The van der Waals surface area contributed by atoms with Gasteiger partial charge in [0.2, 0.25) is 0 Å². The van der Waals surface area contributed by atoms with Gasteiger partial charge in [0.1, 0.15) is 0 Å². The molecule has 3 heterocycles. The van der Waals surface area contributed by atoms with Crippen LogP contribution in [0.3, 0.4) is 0 Å². The highest BCUT2D eigenvalue weighted by Crippen LogP contribution is 2.53. The summed E-state index contributed by atoms with van der Waals surface area (Å²) in [4.78, 5) is 32.0. The molecular formula is C24H28N6O4S. The van der Waals surface area contributed by atoms with E-state index < -0.39 is 30.1 Å². The normalized spacial score (nSPS) is 23.3. The fraction of sp³-hybridized carbons (Fsp3) is 0.417. The Bertz CT molecular complexity index is 1200. The summed E-state index contributed by atoms with van der Waals surface area (Å²) in [5, 5.41) is 33.7. The standard InChI is InChI=1S/C24H28N6O4S/c1-13(14-4-6-16(7-5-14)29-9-3-8-26-29)27-22(33)20(31)21(32)23(34)30-18-10-15(18)11-19(30)17-12-35-24(25-2)28-17/h3-9,12-13,15,18-21,31-32H,10-11H2,1-2H3,(H,25,28)(H,27,33)/t13-,15-,18-,19+,20-,21-/m1/s1. The Morgan fingerprint density at radius 3 is 2.60 bits per heavy atom. The van der Waals surface area contributed by atoms with Crippen molar-refractivity contribution >= 4 is 28.3 Å². The Morgan fingerprint density at radius 2 is 1.94 bits per heavy atom. The van der Waals surface area contributed by atoms with Crippen LogP contribution in [0.1, 0.15) is 43.1 Å². The molecule has 1 saturated heterocycles. The number of aliphatic hydroxyl groups excluding tert-OH is 2. The van der Waals surface area contributed by atoms with Gasteiger partial charge in [0, 0.05) is 30.9 Å². The molecule has 0 bridgehead atoms. The van der Waals surface area contributed by atoms with Crippen molar-refractivity contribution in [2.24, 2.45) is 5.92 Å². The van der Waals surface area contributed by atoms with E-state index in [0.29, 0.717) is 5.92 Å². The predicted molar refractivity (Wildman–Crippen MR) is 130 cm³/mol. The highest BCUT2D eigenvalue weighted by Gasteiger charge is 2.56. The number of anilines is 1. The first-order chi connectivity index (χ1) is 16.9. The number of thiazole rings is 1. The summed E-state index contributed by atoms with van der Waals surface area (Å²) in [6.07, 6.45) is 1.42. The summed E-state index contributed by atoms with van der Waals surface area (Å²) in [7, 11) is 1.78. The van der Waals surface area contributed by atoms with E-state index in [0.717, 1.165) is 34.9 Å². The number of piperidine rings is 1. The van der Waals surface area contributed by atoms with Crippen LogP contribution in [0, 0.1) is 5.92 Å². The Balaban J connectivity index is 1.22. The van der Waals surface area contributed by atoms with Crippen LogP contribution in [0.4, 0.5) is 5.13 Å². The third-order valence-corrected chi connectivity index (χ3v) is 7.66. The zero-order chi connectivity index (χ0) is 24.7. The molecule has 4 N–H and O–H groups in total. The summed E-state index contributed by atoms with van der Waals surface area (Å²) in [6, 6.07) is 8.60. The molecule has 10 nitrogen and oxygen atoms in total. The highest BCUT2D eigenvalue weighted by atomic mass is 32.1. The molecule has 2 amide bonds. The van der Waals surface area contributed by atoms with E-state index in [-0.39, 0.29) is 12.1 Å². The molecule has 2 aliphatic rings. The van der Waals surface area contributed by atoms with Crippen molar-refractivity contribution in [1.82, 2.24) is 25.0 Å². The zero-order valence-electron chi connectivity index (χ0n) is 19.4. The Morgan fingerprint density at radius 1 is 1.17 bits per heavy atom. The number of aliphatic hydroxyl groups is 2. The predicted octanol–water partition coefficient (Wildman–Crippen LogP) is 1.63. The van der Waals surface area contributed by atoms with Crippen LogP contribution in [0.5, 0.6) is 0 Å². The SMILES string of the molecule is CNc1nc([C@@H]2C[C@H]3C[C@H]3N2C(=O)[C@H](O)[C@@H](O)C(=O)N[C@H](C)c2ccc(-n3cccn3)cc2)cs1. The van der Waals surface area contributed by atoms with Crippen molar-refractivity contribution in [2.45, 2.75) is 50.1 Å².